The van der Waals surface area contributed by atoms with E-state index in [-0.39, 0.29) is 0 Å². The third-order valence-electron chi connectivity index (χ3n) is 2.84. The van der Waals surface area contributed by atoms with Crippen LogP contribution in [0.4, 0.5) is 11.4 Å². The van der Waals surface area contributed by atoms with Gasteiger partial charge in [-0.1, -0.05) is 6.07 Å². The fraction of sp³-hybridized carbons (Fsp3) is 0. The van der Waals surface area contributed by atoms with Gasteiger partial charge in [0.1, 0.15) is 5.69 Å². The lowest BCUT2D eigenvalue weighted by Crippen LogP contribution is -1.95. The molecule has 0 fully saturated rings. The number of aldehydes is 1. The molecule has 0 aliphatic rings. The molecule has 98 valence electrons. The van der Waals surface area contributed by atoms with Gasteiger partial charge in [-0.05, 0) is 30.3 Å². The normalized spacial score (nSPS) is 10.2. The molecule has 0 radical (unpaired) electrons. The first-order valence-electron chi connectivity index (χ1n) is 6.12. The zero-order valence-electron chi connectivity index (χ0n) is 10.6. The van der Waals surface area contributed by atoms with Crippen LogP contribution in [0.25, 0.3) is 5.69 Å². The number of carbonyl (C=O) groups is 1. The second-order valence-corrected chi connectivity index (χ2v) is 4.23. The first-order valence-corrected chi connectivity index (χ1v) is 6.12. The molecule has 0 aliphatic heterocycles. The lowest BCUT2D eigenvalue weighted by molar-refractivity contribution is 0.111. The number of rotatable bonds is 4. The molecule has 20 heavy (non-hydrogen) atoms. The molecule has 0 spiro atoms. The van der Waals surface area contributed by atoms with Crippen molar-refractivity contribution in [3.05, 3.63) is 67.0 Å². The maximum absolute atomic E-state index is 10.6. The fourth-order valence-electron chi connectivity index (χ4n) is 1.87. The van der Waals surface area contributed by atoms with Gasteiger partial charge in [-0.15, -0.1) is 0 Å². The number of pyridine rings is 1. The predicted molar refractivity (Wildman–Crippen MR) is 76.5 cm³/mol. The third kappa shape index (κ3) is 2.56. The summed E-state index contributed by atoms with van der Waals surface area (Å²) < 4.78 is 1.93. The summed E-state index contributed by atoms with van der Waals surface area (Å²) in [5, 5.41) is 3.25. The van der Waals surface area contributed by atoms with Crippen molar-refractivity contribution in [2.24, 2.45) is 0 Å². The average Bonchev–Trinajstić information content (AvgIpc) is 3.03. The van der Waals surface area contributed by atoms with Crippen LogP contribution in [0.15, 0.2) is 61.3 Å². The van der Waals surface area contributed by atoms with Crippen LogP contribution in [0.1, 0.15) is 10.5 Å². The Balaban J connectivity index is 1.83. The van der Waals surface area contributed by atoms with Gasteiger partial charge in [0.05, 0.1) is 18.2 Å². The number of carbonyl (C=O) groups excluding carboxylic acids is 1. The lowest BCUT2D eigenvalue weighted by atomic mass is 10.2. The van der Waals surface area contributed by atoms with Gasteiger partial charge < -0.3 is 9.88 Å². The largest absolute Gasteiger partial charge is 0.354 e. The zero-order chi connectivity index (χ0) is 13.8. The highest BCUT2D eigenvalue weighted by molar-refractivity contribution is 5.72. The van der Waals surface area contributed by atoms with Crippen molar-refractivity contribution < 1.29 is 4.79 Å². The summed E-state index contributed by atoms with van der Waals surface area (Å²) in [7, 11) is 0. The van der Waals surface area contributed by atoms with E-state index in [1.807, 2.05) is 41.1 Å². The minimum absolute atomic E-state index is 0.419. The van der Waals surface area contributed by atoms with E-state index in [0.717, 1.165) is 23.3 Å². The monoisotopic (exact) mass is 264 g/mol. The highest BCUT2D eigenvalue weighted by Gasteiger charge is 1.99. The van der Waals surface area contributed by atoms with Gasteiger partial charge in [-0.2, -0.15) is 0 Å². The van der Waals surface area contributed by atoms with E-state index in [4.69, 9.17) is 0 Å². The SMILES string of the molecule is O=Cc1ccc(Nc2cccc(-n3ccnc3)c2)cn1. The molecule has 2 heterocycles. The molecule has 0 amide bonds. The Morgan fingerprint density at radius 1 is 1.15 bits per heavy atom. The quantitative estimate of drug-likeness (QED) is 0.736. The first kappa shape index (κ1) is 12.1. The van der Waals surface area contributed by atoms with Gasteiger partial charge in [0.15, 0.2) is 6.29 Å². The summed E-state index contributed by atoms with van der Waals surface area (Å²) in [6.45, 7) is 0. The molecular weight excluding hydrogens is 252 g/mol. The summed E-state index contributed by atoms with van der Waals surface area (Å²) in [4.78, 5) is 18.6. The molecule has 5 heteroatoms. The second kappa shape index (κ2) is 5.36. The Morgan fingerprint density at radius 3 is 2.80 bits per heavy atom. The number of anilines is 2. The van der Waals surface area contributed by atoms with E-state index in [9.17, 15) is 4.79 Å². The van der Waals surface area contributed by atoms with Crippen molar-refractivity contribution in [1.82, 2.24) is 14.5 Å². The smallest absolute Gasteiger partial charge is 0.168 e. The zero-order valence-corrected chi connectivity index (χ0v) is 10.6. The number of aromatic nitrogens is 3. The number of hydrogen-bond donors (Lipinski definition) is 1. The van der Waals surface area contributed by atoms with Crippen LogP contribution in [0.5, 0.6) is 0 Å². The number of imidazole rings is 1. The number of benzene rings is 1. The second-order valence-electron chi connectivity index (χ2n) is 4.23. The van der Waals surface area contributed by atoms with E-state index in [0.29, 0.717) is 5.69 Å². The van der Waals surface area contributed by atoms with Gasteiger partial charge >= 0.3 is 0 Å². The van der Waals surface area contributed by atoms with Crippen LogP contribution in [0.2, 0.25) is 0 Å². The van der Waals surface area contributed by atoms with Crippen molar-refractivity contribution in [2.45, 2.75) is 0 Å². The average molecular weight is 264 g/mol. The minimum Gasteiger partial charge on any atom is -0.354 e. The number of hydrogen-bond acceptors (Lipinski definition) is 4. The van der Waals surface area contributed by atoms with E-state index >= 15 is 0 Å². The summed E-state index contributed by atoms with van der Waals surface area (Å²) in [6, 6.07) is 11.4. The first-order chi connectivity index (χ1) is 9.85. The van der Waals surface area contributed by atoms with Crippen molar-refractivity contribution in [3.8, 4) is 5.69 Å². The lowest BCUT2D eigenvalue weighted by Gasteiger charge is -2.08. The van der Waals surface area contributed by atoms with Gasteiger partial charge in [0, 0.05) is 23.8 Å². The van der Waals surface area contributed by atoms with Gasteiger partial charge in [0.25, 0.3) is 0 Å². The fourth-order valence-corrected chi connectivity index (χ4v) is 1.87. The molecule has 0 saturated carbocycles. The highest BCUT2D eigenvalue weighted by atomic mass is 16.1. The maximum atomic E-state index is 10.6. The van der Waals surface area contributed by atoms with Crippen LogP contribution < -0.4 is 5.32 Å². The van der Waals surface area contributed by atoms with Gasteiger partial charge in [-0.25, -0.2) is 4.98 Å². The Hall–Kier alpha value is -2.95. The van der Waals surface area contributed by atoms with E-state index in [1.165, 1.54) is 0 Å². The molecule has 2 aromatic heterocycles. The van der Waals surface area contributed by atoms with Crippen molar-refractivity contribution in [2.75, 3.05) is 5.32 Å². The molecule has 3 rings (SSSR count). The highest BCUT2D eigenvalue weighted by Crippen LogP contribution is 2.19. The predicted octanol–water partition coefficient (Wildman–Crippen LogP) is 2.82. The Kier molecular flexibility index (Phi) is 3.24. The Labute approximate surface area is 115 Å². The van der Waals surface area contributed by atoms with E-state index < -0.39 is 0 Å². The molecule has 0 aliphatic carbocycles. The molecule has 1 N–H and O–H groups in total. The standard InChI is InChI=1S/C15H12N4O/c20-10-14-5-4-13(9-17-14)18-12-2-1-3-15(8-12)19-7-6-16-11-19/h1-11,18H. The minimum atomic E-state index is 0.419. The molecule has 0 bridgehead atoms. The molecule has 0 atom stereocenters. The summed E-state index contributed by atoms with van der Waals surface area (Å²) in [6.07, 6.45) is 7.73. The van der Waals surface area contributed by atoms with Crippen molar-refractivity contribution in [1.29, 1.82) is 0 Å². The maximum Gasteiger partial charge on any atom is 0.168 e. The van der Waals surface area contributed by atoms with Crippen LogP contribution >= 0.6 is 0 Å². The molecular formula is C15H12N4O. The van der Waals surface area contributed by atoms with Crippen molar-refractivity contribution in [3.63, 3.8) is 0 Å². The van der Waals surface area contributed by atoms with E-state index in [2.05, 4.69) is 15.3 Å². The van der Waals surface area contributed by atoms with Crippen LogP contribution in [-0.4, -0.2) is 20.8 Å². The van der Waals surface area contributed by atoms with E-state index in [1.54, 1.807) is 24.8 Å². The van der Waals surface area contributed by atoms with Crippen LogP contribution in [0.3, 0.4) is 0 Å². The number of nitrogens with one attached hydrogen (secondary N) is 1. The molecule has 1 aromatic carbocycles. The van der Waals surface area contributed by atoms with Crippen molar-refractivity contribution >= 4 is 17.7 Å². The van der Waals surface area contributed by atoms with Crippen LogP contribution in [-0.2, 0) is 0 Å². The Bertz CT molecular complexity index is 705. The summed E-state index contributed by atoms with van der Waals surface area (Å²) >= 11 is 0. The third-order valence-corrected chi connectivity index (χ3v) is 2.84. The van der Waals surface area contributed by atoms with Gasteiger partial charge in [-0.3, -0.25) is 9.78 Å². The molecule has 5 nitrogen and oxygen atoms in total. The Morgan fingerprint density at radius 2 is 2.10 bits per heavy atom. The summed E-state index contributed by atoms with van der Waals surface area (Å²) in [5.74, 6) is 0. The number of nitrogens with zero attached hydrogens (tertiary/aromatic N) is 3. The molecule has 0 unspecified atom stereocenters. The summed E-state index contributed by atoms with van der Waals surface area (Å²) in [5.41, 5.74) is 3.21. The topological polar surface area (TPSA) is 59.8 Å². The van der Waals surface area contributed by atoms with Crippen LogP contribution in [0, 0.1) is 0 Å². The molecule has 0 saturated heterocycles. The molecule has 3 aromatic rings. The van der Waals surface area contributed by atoms with Gasteiger partial charge in [0.2, 0.25) is 0 Å².